The lowest BCUT2D eigenvalue weighted by molar-refractivity contribution is -0.139. The Morgan fingerprint density at radius 3 is 2.55 bits per heavy atom. The van der Waals surface area contributed by atoms with Crippen LogP contribution in [0.5, 0.6) is 0 Å². The van der Waals surface area contributed by atoms with E-state index in [0.29, 0.717) is 11.7 Å². The molecule has 0 radical (unpaired) electrons. The summed E-state index contributed by atoms with van der Waals surface area (Å²) in [4.78, 5) is 21.3. The number of aliphatic hydroxyl groups is 1. The molecule has 0 aromatic carbocycles. The first kappa shape index (κ1) is 16.1. The van der Waals surface area contributed by atoms with Crippen molar-refractivity contribution in [3.63, 3.8) is 0 Å². The summed E-state index contributed by atoms with van der Waals surface area (Å²) in [5.74, 6) is 0.124. The zero-order valence-electron chi connectivity index (χ0n) is 13.5. The van der Waals surface area contributed by atoms with Crippen molar-refractivity contribution in [2.24, 2.45) is 4.99 Å². The molecule has 0 aromatic rings. The van der Waals surface area contributed by atoms with E-state index in [-0.39, 0.29) is 5.91 Å². The molecule has 0 bridgehead atoms. The third-order valence-corrected chi connectivity index (χ3v) is 6.11. The second kappa shape index (κ2) is 6.79. The van der Waals surface area contributed by atoms with Gasteiger partial charge >= 0.3 is 0 Å². The average Bonchev–Trinajstić information content (AvgIpc) is 2.94. The summed E-state index contributed by atoms with van der Waals surface area (Å²) >= 11 is 1.84. The average molecular weight is 325 g/mol. The minimum absolute atomic E-state index is 0.124. The van der Waals surface area contributed by atoms with E-state index in [1.54, 1.807) is 0 Å². The molecule has 124 valence electrons. The van der Waals surface area contributed by atoms with E-state index in [1.807, 2.05) is 16.7 Å². The number of amides is 1. The number of carbonyl (C=O) groups is 1. The molecule has 1 unspecified atom stereocenters. The Hall–Kier alpha value is -0.750. The molecule has 2 fully saturated rings. The highest BCUT2D eigenvalue weighted by molar-refractivity contribution is 8.14. The second-order valence-electron chi connectivity index (χ2n) is 6.88. The van der Waals surface area contributed by atoms with Crippen LogP contribution in [-0.2, 0) is 4.79 Å². The van der Waals surface area contributed by atoms with E-state index in [1.165, 1.54) is 6.42 Å². The number of carbonyl (C=O) groups excluding carboxylic acids is 1. The normalized spacial score (nSPS) is 28.6. The fourth-order valence-corrected chi connectivity index (χ4v) is 4.55. The molecular weight excluding hydrogens is 298 g/mol. The standard InChI is InChI=1S/C16H27N3O2S/c1-13-12-17-15(22-13)19-9-7-18(8-10-19)14(20)11-16(21)5-3-2-4-6-16/h13,21H,2-12H2,1H3. The van der Waals surface area contributed by atoms with Gasteiger partial charge < -0.3 is 14.9 Å². The summed E-state index contributed by atoms with van der Waals surface area (Å²) < 4.78 is 0. The quantitative estimate of drug-likeness (QED) is 0.840. The Labute approximate surface area is 137 Å². The minimum Gasteiger partial charge on any atom is -0.389 e. The van der Waals surface area contributed by atoms with Gasteiger partial charge in [-0.2, -0.15) is 0 Å². The molecule has 1 aliphatic carbocycles. The van der Waals surface area contributed by atoms with Crippen LogP contribution >= 0.6 is 11.8 Å². The van der Waals surface area contributed by atoms with Gasteiger partial charge in [-0.15, -0.1) is 0 Å². The predicted octanol–water partition coefficient (Wildman–Crippen LogP) is 1.71. The Morgan fingerprint density at radius 2 is 1.95 bits per heavy atom. The lowest BCUT2D eigenvalue weighted by Gasteiger charge is -2.38. The van der Waals surface area contributed by atoms with E-state index in [0.717, 1.165) is 63.6 Å². The molecule has 22 heavy (non-hydrogen) atoms. The first-order valence-corrected chi connectivity index (χ1v) is 9.40. The van der Waals surface area contributed by atoms with Crippen LogP contribution in [-0.4, -0.2) is 69.6 Å². The van der Waals surface area contributed by atoms with E-state index in [4.69, 9.17) is 0 Å². The molecule has 1 saturated carbocycles. The SMILES string of the molecule is CC1CN=C(N2CCN(C(=O)CC3(O)CCCCC3)CC2)S1. The zero-order valence-corrected chi connectivity index (χ0v) is 14.3. The summed E-state index contributed by atoms with van der Waals surface area (Å²) in [5.41, 5.74) is -0.743. The van der Waals surface area contributed by atoms with Crippen molar-refractivity contribution in [1.29, 1.82) is 0 Å². The Balaban J connectivity index is 1.47. The van der Waals surface area contributed by atoms with Crippen LogP contribution in [0.15, 0.2) is 4.99 Å². The third-order valence-electron chi connectivity index (χ3n) is 4.96. The van der Waals surface area contributed by atoms with Crippen molar-refractivity contribution in [3.05, 3.63) is 0 Å². The number of nitrogens with zero attached hydrogens (tertiary/aromatic N) is 3. The molecule has 1 N–H and O–H groups in total. The summed E-state index contributed by atoms with van der Waals surface area (Å²) in [6.45, 7) is 6.34. The zero-order chi connectivity index (χ0) is 15.6. The van der Waals surface area contributed by atoms with E-state index in [9.17, 15) is 9.90 Å². The van der Waals surface area contributed by atoms with Crippen molar-refractivity contribution < 1.29 is 9.90 Å². The number of hydrogen-bond acceptors (Lipinski definition) is 5. The maximum Gasteiger partial charge on any atom is 0.225 e. The number of aliphatic imine (C=N–C) groups is 1. The first-order valence-electron chi connectivity index (χ1n) is 8.52. The van der Waals surface area contributed by atoms with Gasteiger partial charge in [-0.1, -0.05) is 37.9 Å². The van der Waals surface area contributed by atoms with Gasteiger partial charge in [0.2, 0.25) is 5.91 Å². The maximum absolute atomic E-state index is 12.5. The van der Waals surface area contributed by atoms with Gasteiger partial charge in [-0.05, 0) is 12.8 Å². The monoisotopic (exact) mass is 325 g/mol. The molecule has 6 heteroatoms. The largest absolute Gasteiger partial charge is 0.389 e. The fraction of sp³-hybridized carbons (Fsp3) is 0.875. The Morgan fingerprint density at radius 1 is 1.27 bits per heavy atom. The highest BCUT2D eigenvalue weighted by Crippen LogP contribution is 2.31. The predicted molar refractivity (Wildman–Crippen MR) is 90.2 cm³/mol. The molecule has 2 aliphatic heterocycles. The molecular formula is C16H27N3O2S. The third kappa shape index (κ3) is 3.77. The fourth-order valence-electron chi connectivity index (χ4n) is 3.56. The van der Waals surface area contributed by atoms with E-state index < -0.39 is 5.60 Å². The van der Waals surface area contributed by atoms with Gasteiger partial charge in [0.1, 0.15) is 0 Å². The van der Waals surface area contributed by atoms with Crippen molar-refractivity contribution in [2.75, 3.05) is 32.7 Å². The Kier molecular flexibility index (Phi) is 4.97. The van der Waals surface area contributed by atoms with Crippen molar-refractivity contribution >= 4 is 22.8 Å². The topological polar surface area (TPSA) is 56.1 Å². The first-order chi connectivity index (χ1) is 10.6. The van der Waals surface area contributed by atoms with Crippen molar-refractivity contribution in [1.82, 2.24) is 9.80 Å². The number of piperazine rings is 1. The van der Waals surface area contributed by atoms with Gasteiger partial charge in [-0.25, -0.2) is 0 Å². The van der Waals surface area contributed by atoms with Gasteiger partial charge in [0.05, 0.1) is 18.6 Å². The molecule has 1 amide bonds. The van der Waals surface area contributed by atoms with Gasteiger partial charge in [-0.3, -0.25) is 9.79 Å². The number of rotatable bonds is 2. The van der Waals surface area contributed by atoms with Crippen LogP contribution in [0.25, 0.3) is 0 Å². The minimum atomic E-state index is -0.743. The molecule has 1 saturated heterocycles. The van der Waals surface area contributed by atoms with Crippen molar-refractivity contribution in [3.8, 4) is 0 Å². The van der Waals surface area contributed by atoms with E-state index in [2.05, 4.69) is 16.8 Å². The van der Waals surface area contributed by atoms with Gasteiger partial charge in [0, 0.05) is 31.4 Å². The van der Waals surface area contributed by atoms with Crippen molar-refractivity contribution in [2.45, 2.75) is 56.3 Å². The highest BCUT2D eigenvalue weighted by Gasteiger charge is 2.34. The molecule has 0 aromatic heterocycles. The highest BCUT2D eigenvalue weighted by atomic mass is 32.2. The summed E-state index contributed by atoms with van der Waals surface area (Å²) in [5, 5.41) is 12.3. The number of amidine groups is 1. The lowest BCUT2D eigenvalue weighted by atomic mass is 9.82. The molecule has 3 rings (SSSR count). The molecule has 3 aliphatic rings. The number of hydrogen-bond donors (Lipinski definition) is 1. The number of thioether (sulfide) groups is 1. The molecule has 5 nitrogen and oxygen atoms in total. The summed E-state index contributed by atoms with van der Waals surface area (Å²) in [7, 11) is 0. The van der Waals surface area contributed by atoms with Crippen LogP contribution in [0, 0.1) is 0 Å². The van der Waals surface area contributed by atoms with Crippen LogP contribution in [0.2, 0.25) is 0 Å². The lowest BCUT2D eigenvalue weighted by Crippen LogP contribution is -2.51. The van der Waals surface area contributed by atoms with Crippen LogP contribution in [0.1, 0.15) is 45.4 Å². The molecule has 2 heterocycles. The molecule has 1 atom stereocenters. The van der Waals surface area contributed by atoms with Crippen LogP contribution in [0.4, 0.5) is 0 Å². The van der Waals surface area contributed by atoms with Crippen LogP contribution < -0.4 is 0 Å². The van der Waals surface area contributed by atoms with Gasteiger partial charge in [0.15, 0.2) is 5.17 Å². The smallest absolute Gasteiger partial charge is 0.225 e. The summed E-state index contributed by atoms with van der Waals surface area (Å²) in [6, 6.07) is 0. The van der Waals surface area contributed by atoms with E-state index >= 15 is 0 Å². The Bertz CT molecular complexity index is 441. The second-order valence-corrected chi connectivity index (χ2v) is 8.29. The maximum atomic E-state index is 12.5. The van der Waals surface area contributed by atoms with Gasteiger partial charge in [0.25, 0.3) is 0 Å². The molecule has 0 spiro atoms. The van der Waals surface area contributed by atoms with Crippen LogP contribution in [0.3, 0.4) is 0 Å². The summed E-state index contributed by atoms with van der Waals surface area (Å²) in [6.07, 6.45) is 5.15.